The van der Waals surface area contributed by atoms with Gasteiger partial charge in [-0.3, -0.25) is 9.89 Å². The summed E-state index contributed by atoms with van der Waals surface area (Å²) >= 11 is 3.45. The summed E-state index contributed by atoms with van der Waals surface area (Å²) in [6.07, 6.45) is 2.31. The molecule has 4 aromatic rings. The Morgan fingerprint density at radius 1 is 1.00 bits per heavy atom. The second-order valence-corrected chi connectivity index (χ2v) is 7.60. The molecule has 1 aliphatic rings. The molecule has 4 nitrogen and oxygen atoms in total. The van der Waals surface area contributed by atoms with E-state index in [0.29, 0.717) is 17.3 Å². The summed E-state index contributed by atoms with van der Waals surface area (Å²) in [7, 11) is 0. The van der Waals surface area contributed by atoms with E-state index in [-0.39, 0.29) is 5.56 Å². The van der Waals surface area contributed by atoms with E-state index in [0.717, 1.165) is 39.7 Å². The van der Waals surface area contributed by atoms with E-state index in [2.05, 4.69) is 33.2 Å². The van der Waals surface area contributed by atoms with Crippen molar-refractivity contribution in [1.29, 1.82) is 0 Å². The number of aromatic nitrogens is 3. The first kappa shape index (κ1) is 15.6. The third-order valence-electron chi connectivity index (χ3n) is 4.83. The number of rotatable bonds is 3. The average Bonchev–Trinajstić information content (AvgIpc) is 3.43. The number of benzene rings is 2. The highest BCUT2D eigenvalue weighted by atomic mass is 79.9. The summed E-state index contributed by atoms with van der Waals surface area (Å²) in [6, 6.07) is 19.7. The molecule has 0 atom stereocenters. The first-order chi connectivity index (χ1) is 12.7. The van der Waals surface area contributed by atoms with Gasteiger partial charge in [-0.1, -0.05) is 58.4 Å². The van der Waals surface area contributed by atoms with Gasteiger partial charge in [0.2, 0.25) is 0 Å². The zero-order chi connectivity index (χ0) is 17.7. The van der Waals surface area contributed by atoms with Gasteiger partial charge in [0, 0.05) is 33.3 Å². The minimum atomic E-state index is -0.0861. The van der Waals surface area contributed by atoms with Crippen LogP contribution < -0.4 is 5.56 Å². The summed E-state index contributed by atoms with van der Waals surface area (Å²) in [4.78, 5) is 17.6. The van der Waals surface area contributed by atoms with Gasteiger partial charge in [-0.05, 0) is 30.5 Å². The van der Waals surface area contributed by atoms with Crippen molar-refractivity contribution in [3.8, 4) is 22.4 Å². The van der Waals surface area contributed by atoms with Gasteiger partial charge < -0.3 is 0 Å². The van der Waals surface area contributed by atoms with Gasteiger partial charge in [-0.15, -0.1) is 0 Å². The van der Waals surface area contributed by atoms with Crippen molar-refractivity contribution >= 4 is 21.6 Å². The van der Waals surface area contributed by atoms with Crippen LogP contribution in [-0.4, -0.2) is 14.6 Å². The lowest BCUT2D eigenvalue weighted by atomic mass is 10.0. The molecule has 1 N–H and O–H groups in total. The molecule has 0 amide bonds. The van der Waals surface area contributed by atoms with E-state index in [1.54, 1.807) is 10.6 Å². The highest BCUT2D eigenvalue weighted by molar-refractivity contribution is 9.10. The molecule has 0 spiro atoms. The van der Waals surface area contributed by atoms with Crippen molar-refractivity contribution in [2.24, 2.45) is 0 Å². The molecule has 26 heavy (non-hydrogen) atoms. The molecule has 2 heterocycles. The Labute approximate surface area is 158 Å². The van der Waals surface area contributed by atoms with Crippen LogP contribution in [-0.2, 0) is 0 Å². The van der Waals surface area contributed by atoms with Crippen molar-refractivity contribution in [2.75, 3.05) is 0 Å². The van der Waals surface area contributed by atoms with Crippen LogP contribution in [0.25, 0.3) is 28.0 Å². The van der Waals surface area contributed by atoms with Crippen LogP contribution >= 0.6 is 15.9 Å². The number of aromatic amines is 1. The number of halogens is 1. The monoisotopic (exact) mass is 405 g/mol. The van der Waals surface area contributed by atoms with Crippen molar-refractivity contribution < 1.29 is 0 Å². The summed E-state index contributed by atoms with van der Waals surface area (Å²) in [6.45, 7) is 0. The Morgan fingerprint density at radius 3 is 2.42 bits per heavy atom. The lowest BCUT2D eigenvalue weighted by Crippen LogP contribution is -2.14. The highest BCUT2D eigenvalue weighted by Crippen LogP contribution is 2.44. The number of hydrogen-bond donors (Lipinski definition) is 1. The van der Waals surface area contributed by atoms with Crippen molar-refractivity contribution in [3.05, 3.63) is 81.2 Å². The highest BCUT2D eigenvalue weighted by Gasteiger charge is 2.30. The summed E-state index contributed by atoms with van der Waals surface area (Å²) in [5.74, 6) is 0.488. The van der Waals surface area contributed by atoms with Crippen LogP contribution in [0.1, 0.15) is 24.5 Å². The lowest BCUT2D eigenvalue weighted by molar-refractivity contribution is 0.855. The molecular weight excluding hydrogens is 390 g/mol. The predicted octanol–water partition coefficient (Wildman–Crippen LogP) is 5.00. The molecule has 2 aromatic carbocycles. The van der Waals surface area contributed by atoms with Crippen LogP contribution in [0.3, 0.4) is 0 Å². The van der Waals surface area contributed by atoms with E-state index in [4.69, 9.17) is 4.98 Å². The van der Waals surface area contributed by atoms with Gasteiger partial charge in [-0.2, -0.15) is 0 Å². The first-order valence-electron chi connectivity index (χ1n) is 8.68. The average molecular weight is 406 g/mol. The largest absolute Gasteiger partial charge is 0.293 e. The molecule has 0 unspecified atom stereocenters. The molecule has 2 aromatic heterocycles. The number of hydrogen-bond acceptors (Lipinski definition) is 2. The van der Waals surface area contributed by atoms with Crippen LogP contribution in [0.4, 0.5) is 0 Å². The number of nitrogens with one attached hydrogen (secondary N) is 1. The number of H-pyrrole nitrogens is 1. The lowest BCUT2D eigenvalue weighted by Gasteiger charge is -2.04. The molecule has 128 valence electrons. The summed E-state index contributed by atoms with van der Waals surface area (Å²) < 4.78 is 2.58. The zero-order valence-electron chi connectivity index (χ0n) is 13.9. The van der Waals surface area contributed by atoms with E-state index in [9.17, 15) is 4.79 Å². The Kier molecular flexibility index (Phi) is 3.57. The quantitative estimate of drug-likeness (QED) is 0.521. The maximum atomic E-state index is 12.8. The maximum Gasteiger partial charge on any atom is 0.273 e. The van der Waals surface area contributed by atoms with Gasteiger partial charge in [0.15, 0.2) is 5.65 Å². The SMILES string of the molecule is O=c1cc(-c2ccc(Br)cc2)nc2c(-c3ccccc3)c(C3CC3)[nH]n12. The fraction of sp³-hybridized carbons (Fsp3) is 0.143. The van der Waals surface area contributed by atoms with Crippen molar-refractivity contribution in [1.82, 2.24) is 14.6 Å². The third-order valence-corrected chi connectivity index (χ3v) is 5.36. The third kappa shape index (κ3) is 2.59. The standard InChI is InChI=1S/C21H16BrN3O/c22-16-10-8-13(9-11-16)17-12-18(26)25-21(23-17)19(14-4-2-1-3-5-14)20(24-25)15-6-7-15/h1-5,8-12,15,24H,6-7H2. The fourth-order valence-electron chi connectivity index (χ4n) is 3.38. The van der Waals surface area contributed by atoms with Crippen LogP contribution in [0.5, 0.6) is 0 Å². The maximum absolute atomic E-state index is 12.8. The Hall–Kier alpha value is -2.66. The Balaban J connectivity index is 1.80. The van der Waals surface area contributed by atoms with Crippen molar-refractivity contribution in [2.45, 2.75) is 18.8 Å². The topological polar surface area (TPSA) is 50.2 Å². The van der Waals surface area contributed by atoms with Crippen molar-refractivity contribution in [3.63, 3.8) is 0 Å². The van der Waals surface area contributed by atoms with E-state index >= 15 is 0 Å². The second kappa shape index (κ2) is 5.95. The normalized spacial score (nSPS) is 14.0. The van der Waals surface area contributed by atoms with Gasteiger partial charge in [-0.25, -0.2) is 9.50 Å². The second-order valence-electron chi connectivity index (χ2n) is 6.69. The molecule has 0 saturated heterocycles. The molecule has 5 heteroatoms. The molecule has 0 radical (unpaired) electrons. The molecule has 0 aliphatic heterocycles. The first-order valence-corrected chi connectivity index (χ1v) is 9.47. The van der Waals surface area contributed by atoms with E-state index in [1.165, 1.54) is 0 Å². The van der Waals surface area contributed by atoms with Crippen LogP contribution in [0.15, 0.2) is 69.9 Å². The number of fused-ring (bicyclic) bond motifs is 1. The molecule has 1 saturated carbocycles. The number of nitrogens with zero attached hydrogens (tertiary/aromatic N) is 2. The minimum Gasteiger partial charge on any atom is -0.293 e. The summed E-state index contributed by atoms with van der Waals surface area (Å²) in [5.41, 5.74) is 5.49. The summed E-state index contributed by atoms with van der Waals surface area (Å²) in [5, 5.41) is 3.31. The smallest absolute Gasteiger partial charge is 0.273 e. The van der Waals surface area contributed by atoms with Crippen LogP contribution in [0, 0.1) is 0 Å². The zero-order valence-corrected chi connectivity index (χ0v) is 15.5. The molecule has 0 bridgehead atoms. The van der Waals surface area contributed by atoms with Gasteiger partial charge >= 0.3 is 0 Å². The molecule has 1 aliphatic carbocycles. The van der Waals surface area contributed by atoms with Gasteiger partial charge in [0.05, 0.1) is 5.69 Å². The van der Waals surface area contributed by atoms with Crippen LogP contribution in [0.2, 0.25) is 0 Å². The Morgan fingerprint density at radius 2 is 1.73 bits per heavy atom. The Bertz CT molecular complexity index is 1160. The fourth-order valence-corrected chi connectivity index (χ4v) is 3.64. The minimum absolute atomic E-state index is 0.0861. The van der Waals surface area contributed by atoms with Gasteiger partial charge in [0.25, 0.3) is 5.56 Å². The van der Waals surface area contributed by atoms with E-state index in [1.807, 2.05) is 42.5 Å². The molecule has 5 rings (SSSR count). The molecular formula is C21H16BrN3O. The molecule has 1 fully saturated rings. The van der Waals surface area contributed by atoms with E-state index < -0.39 is 0 Å². The predicted molar refractivity (Wildman–Crippen MR) is 106 cm³/mol. The van der Waals surface area contributed by atoms with Gasteiger partial charge in [0.1, 0.15) is 0 Å².